The van der Waals surface area contributed by atoms with E-state index >= 15 is 0 Å². The summed E-state index contributed by atoms with van der Waals surface area (Å²) >= 11 is 0. The summed E-state index contributed by atoms with van der Waals surface area (Å²) in [4.78, 5) is 28.2. The second kappa shape index (κ2) is 8.08. The Balaban J connectivity index is 1.71. The van der Waals surface area contributed by atoms with Crippen LogP contribution >= 0.6 is 0 Å². The minimum atomic E-state index is -0.547. The third kappa shape index (κ3) is 3.40. The van der Waals surface area contributed by atoms with Gasteiger partial charge in [0.2, 0.25) is 5.91 Å². The molecule has 0 unspecified atom stereocenters. The SMILES string of the molecule is CC(=O)N1c2ccccc2NC2=C(C(=O)C[C@H](c3ccccc3F)C2)[C@H]1c1ccccc1. The first kappa shape index (κ1) is 20.2. The maximum atomic E-state index is 14.6. The first-order valence-electron chi connectivity index (χ1n) is 10.8. The molecule has 0 bridgehead atoms. The van der Waals surface area contributed by atoms with Crippen molar-refractivity contribution in [2.24, 2.45) is 0 Å². The van der Waals surface area contributed by atoms with E-state index in [1.807, 2.05) is 54.6 Å². The lowest BCUT2D eigenvalue weighted by molar-refractivity contribution is -0.117. The van der Waals surface area contributed by atoms with Crippen LogP contribution in [0.3, 0.4) is 0 Å². The highest BCUT2D eigenvalue weighted by Gasteiger charge is 2.41. The third-order valence-electron chi connectivity index (χ3n) is 6.29. The summed E-state index contributed by atoms with van der Waals surface area (Å²) in [7, 11) is 0. The van der Waals surface area contributed by atoms with E-state index in [9.17, 15) is 14.0 Å². The molecule has 5 heteroatoms. The number of hydrogen-bond donors (Lipinski definition) is 1. The van der Waals surface area contributed by atoms with Crippen LogP contribution in [-0.4, -0.2) is 11.7 Å². The molecule has 1 aliphatic heterocycles. The Morgan fingerprint density at radius 3 is 2.38 bits per heavy atom. The van der Waals surface area contributed by atoms with Crippen molar-refractivity contribution in [1.29, 1.82) is 0 Å². The number of hydrogen-bond acceptors (Lipinski definition) is 3. The van der Waals surface area contributed by atoms with Crippen molar-refractivity contribution in [3.8, 4) is 0 Å². The number of amides is 1. The fourth-order valence-electron chi connectivity index (χ4n) is 4.92. The van der Waals surface area contributed by atoms with E-state index in [4.69, 9.17) is 0 Å². The number of halogens is 1. The van der Waals surface area contributed by atoms with Crippen molar-refractivity contribution in [2.75, 3.05) is 10.2 Å². The summed E-state index contributed by atoms with van der Waals surface area (Å²) in [6.45, 7) is 1.52. The molecule has 0 saturated carbocycles. The fraction of sp³-hybridized carbons (Fsp3) is 0.185. The quantitative estimate of drug-likeness (QED) is 0.568. The zero-order valence-corrected chi connectivity index (χ0v) is 17.7. The summed E-state index contributed by atoms with van der Waals surface area (Å²) < 4.78 is 14.6. The number of rotatable bonds is 2. The minimum Gasteiger partial charge on any atom is -0.357 e. The lowest BCUT2D eigenvalue weighted by atomic mass is 9.78. The van der Waals surface area contributed by atoms with Gasteiger partial charge in [0.1, 0.15) is 5.82 Å². The average Bonchev–Trinajstić information content (AvgIpc) is 2.94. The zero-order chi connectivity index (χ0) is 22.2. The van der Waals surface area contributed by atoms with Crippen molar-refractivity contribution in [3.63, 3.8) is 0 Å². The largest absolute Gasteiger partial charge is 0.357 e. The van der Waals surface area contributed by atoms with Crippen LogP contribution in [0.15, 0.2) is 90.1 Å². The van der Waals surface area contributed by atoms with Gasteiger partial charge in [0, 0.05) is 24.6 Å². The molecule has 0 spiro atoms. The maximum Gasteiger partial charge on any atom is 0.224 e. The summed E-state index contributed by atoms with van der Waals surface area (Å²) in [5, 5.41) is 3.44. The van der Waals surface area contributed by atoms with Gasteiger partial charge in [-0.3, -0.25) is 14.5 Å². The van der Waals surface area contributed by atoms with Gasteiger partial charge in [-0.05, 0) is 41.7 Å². The first-order valence-corrected chi connectivity index (χ1v) is 10.8. The molecule has 2 aliphatic rings. The maximum absolute atomic E-state index is 14.6. The fourth-order valence-corrected chi connectivity index (χ4v) is 4.92. The third-order valence-corrected chi connectivity index (χ3v) is 6.29. The first-order chi connectivity index (χ1) is 15.5. The van der Waals surface area contributed by atoms with Gasteiger partial charge in [-0.15, -0.1) is 0 Å². The number of nitrogens with one attached hydrogen (secondary N) is 1. The summed E-state index contributed by atoms with van der Waals surface area (Å²) in [5.74, 6) is -0.776. The molecule has 5 rings (SSSR count). The topological polar surface area (TPSA) is 49.4 Å². The van der Waals surface area contributed by atoms with Crippen molar-refractivity contribution in [2.45, 2.75) is 31.7 Å². The summed E-state index contributed by atoms with van der Waals surface area (Å²) in [5.41, 5.74) is 4.22. The van der Waals surface area contributed by atoms with Crippen LogP contribution in [0.1, 0.15) is 42.9 Å². The van der Waals surface area contributed by atoms with Crippen molar-refractivity contribution in [1.82, 2.24) is 0 Å². The Hall–Kier alpha value is -3.73. The van der Waals surface area contributed by atoms with Gasteiger partial charge in [-0.2, -0.15) is 0 Å². The smallest absolute Gasteiger partial charge is 0.224 e. The summed E-state index contributed by atoms with van der Waals surface area (Å²) in [6, 6.07) is 23.3. The number of Topliss-reactive ketones (excluding diaryl/α,β-unsaturated/α-hetero) is 1. The number of fused-ring (bicyclic) bond motifs is 1. The van der Waals surface area contributed by atoms with E-state index in [2.05, 4.69) is 5.32 Å². The molecular weight excluding hydrogens is 403 g/mol. The zero-order valence-electron chi connectivity index (χ0n) is 17.7. The molecule has 3 aromatic rings. The Kier molecular flexibility index (Phi) is 5.10. The molecular formula is C27H23FN2O2. The van der Waals surface area contributed by atoms with Crippen molar-refractivity contribution >= 4 is 23.1 Å². The van der Waals surface area contributed by atoms with E-state index in [1.54, 1.807) is 23.1 Å². The predicted molar refractivity (Wildman–Crippen MR) is 123 cm³/mol. The molecule has 3 aromatic carbocycles. The molecule has 2 atom stereocenters. The molecule has 4 nitrogen and oxygen atoms in total. The monoisotopic (exact) mass is 426 g/mol. The lowest BCUT2D eigenvalue weighted by Gasteiger charge is -2.34. The van der Waals surface area contributed by atoms with Crippen LogP contribution in [-0.2, 0) is 9.59 Å². The number of anilines is 2. The number of allylic oxidation sites excluding steroid dienone is 1. The van der Waals surface area contributed by atoms with Gasteiger partial charge in [0.05, 0.1) is 17.4 Å². The van der Waals surface area contributed by atoms with Gasteiger partial charge in [-0.1, -0.05) is 60.7 Å². The van der Waals surface area contributed by atoms with Gasteiger partial charge in [0.15, 0.2) is 5.78 Å². The van der Waals surface area contributed by atoms with E-state index in [-0.39, 0.29) is 29.8 Å². The highest BCUT2D eigenvalue weighted by molar-refractivity contribution is 6.05. The van der Waals surface area contributed by atoms with Crippen LogP contribution < -0.4 is 10.2 Å². The van der Waals surface area contributed by atoms with Crippen molar-refractivity contribution in [3.05, 3.63) is 107 Å². The molecule has 0 saturated heterocycles. The number of carbonyl (C=O) groups excluding carboxylic acids is 2. The Morgan fingerprint density at radius 2 is 1.62 bits per heavy atom. The Labute approximate surface area is 186 Å². The minimum absolute atomic E-state index is 0.0695. The van der Waals surface area contributed by atoms with Crippen LogP contribution in [0.4, 0.5) is 15.8 Å². The van der Waals surface area contributed by atoms with Crippen LogP contribution in [0.25, 0.3) is 0 Å². The molecule has 0 aromatic heterocycles. The Morgan fingerprint density at radius 1 is 0.938 bits per heavy atom. The van der Waals surface area contributed by atoms with E-state index in [0.717, 1.165) is 22.6 Å². The molecule has 32 heavy (non-hydrogen) atoms. The highest BCUT2D eigenvalue weighted by atomic mass is 19.1. The van der Waals surface area contributed by atoms with Crippen LogP contribution in [0, 0.1) is 5.82 Å². The van der Waals surface area contributed by atoms with Gasteiger partial charge in [-0.25, -0.2) is 4.39 Å². The standard InChI is InChI=1S/C27H23FN2O2/c1-17(31)30-24-14-8-7-13-22(24)29-23-15-19(20-11-5-6-12-21(20)28)16-25(32)26(23)27(30)18-9-3-2-4-10-18/h2-14,19,27,29H,15-16H2,1H3/t19-,27-/m1/s1. The molecule has 1 aliphatic carbocycles. The van der Waals surface area contributed by atoms with Crippen LogP contribution in [0.5, 0.6) is 0 Å². The number of ketones is 1. The van der Waals surface area contributed by atoms with E-state index in [1.165, 1.54) is 13.0 Å². The Bertz CT molecular complexity index is 1240. The second-order valence-corrected chi connectivity index (χ2v) is 8.29. The molecule has 0 fully saturated rings. The number of carbonyl (C=O) groups is 2. The molecule has 0 radical (unpaired) electrons. The lowest BCUT2D eigenvalue weighted by Crippen LogP contribution is -2.37. The van der Waals surface area contributed by atoms with Crippen LogP contribution in [0.2, 0.25) is 0 Å². The van der Waals surface area contributed by atoms with Crippen molar-refractivity contribution < 1.29 is 14.0 Å². The van der Waals surface area contributed by atoms with E-state index in [0.29, 0.717) is 17.6 Å². The predicted octanol–water partition coefficient (Wildman–Crippen LogP) is 5.75. The normalized spacial score (nSPS) is 20.2. The average molecular weight is 426 g/mol. The molecule has 1 heterocycles. The van der Waals surface area contributed by atoms with Gasteiger partial charge < -0.3 is 5.32 Å². The second-order valence-electron chi connectivity index (χ2n) is 8.29. The van der Waals surface area contributed by atoms with Gasteiger partial charge in [0.25, 0.3) is 0 Å². The number of nitrogens with zero attached hydrogens (tertiary/aromatic N) is 1. The van der Waals surface area contributed by atoms with E-state index < -0.39 is 6.04 Å². The molecule has 160 valence electrons. The molecule has 1 amide bonds. The summed E-state index contributed by atoms with van der Waals surface area (Å²) in [6.07, 6.45) is 0.693. The van der Waals surface area contributed by atoms with Gasteiger partial charge >= 0.3 is 0 Å². The number of benzene rings is 3. The molecule has 1 N–H and O–H groups in total. The highest BCUT2D eigenvalue weighted by Crippen LogP contribution is 2.47. The number of para-hydroxylation sites is 2.